The summed E-state index contributed by atoms with van der Waals surface area (Å²) in [7, 11) is 0. The molecule has 0 rings (SSSR count). The van der Waals surface area contributed by atoms with Crippen molar-refractivity contribution < 1.29 is 4.74 Å². The van der Waals surface area contributed by atoms with Gasteiger partial charge in [0.15, 0.2) is 0 Å². The van der Waals surface area contributed by atoms with Crippen LogP contribution in [0.15, 0.2) is 0 Å². The summed E-state index contributed by atoms with van der Waals surface area (Å²) in [5, 5.41) is 0. The van der Waals surface area contributed by atoms with Gasteiger partial charge in [0.05, 0.1) is 13.2 Å². The molecule has 0 spiro atoms. The lowest BCUT2D eigenvalue weighted by atomic mass is 10.3. The van der Waals surface area contributed by atoms with Crippen molar-refractivity contribution in [2.45, 2.75) is 25.8 Å². The Hall–Kier alpha value is -0.520. The van der Waals surface area contributed by atoms with E-state index in [1.54, 1.807) is 0 Å². The van der Waals surface area contributed by atoms with Gasteiger partial charge in [0, 0.05) is 12.5 Å². The first-order valence-corrected chi connectivity index (χ1v) is 3.58. The van der Waals surface area contributed by atoms with E-state index in [1.807, 2.05) is 6.92 Å². The molecule has 0 bridgehead atoms. The largest absolute Gasteiger partial charge is 0.379 e. The summed E-state index contributed by atoms with van der Waals surface area (Å²) in [6.07, 6.45) is 6.65. The third-order valence-corrected chi connectivity index (χ3v) is 1.25. The van der Waals surface area contributed by atoms with E-state index in [0.717, 1.165) is 6.42 Å². The Kier molecular flexibility index (Phi) is 6.25. The number of hydrogen-bond acceptors (Lipinski definition) is 2. The first kappa shape index (κ1) is 9.48. The summed E-state index contributed by atoms with van der Waals surface area (Å²) in [6.45, 7) is 3.29. The minimum Gasteiger partial charge on any atom is -0.379 e. The molecule has 0 radical (unpaired) electrons. The number of terminal acetylenes is 1. The maximum atomic E-state index is 5.58. The van der Waals surface area contributed by atoms with Crippen molar-refractivity contribution in [1.82, 2.24) is 0 Å². The second-order valence-corrected chi connectivity index (χ2v) is 2.20. The molecule has 1 atom stereocenters. The second-order valence-electron chi connectivity index (χ2n) is 2.20. The summed E-state index contributed by atoms with van der Waals surface area (Å²) in [4.78, 5) is 0. The zero-order valence-electron chi connectivity index (χ0n) is 6.47. The maximum absolute atomic E-state index is 5.58. The summed E-state index contributed by atoms with van der Waals surface area (Å²) in [6, 6.07) is 0.165. The van der Waals surface area contributed by atoms with Crippen LogP contribution < -0.4 is 5.73 Å². The highest BCUT2D eigenvalue weighted by Gasteiger charge is 1.96. The first-order valence-electron chi connectivity index (χ1n) is 3.58. The van der Waals surface area contributed by atoms with Crippen molar-refractivity contribution in [3.63, 3.8) is 0 Å². The summed E-state index contributed by atoms with van der Waals surface area (Å²) < 4.78 is 5.16. The zero-order chi connectivity index (χ0) is 7.82. The monoisotopic (exact) mass is 141 g/mol. The summed E-state index contributed by atoms with van der Waals surface area (Å²) in [5.74, 6) is 2.49. The molecule has 10 heavy (non-hydrogen) atoms. The Labute approximate surface area is 62.7 Å². The van der Waals surface area contributed by atoms with E-state index in [-0.39, 0.29) is 6.04 Å². The van der Waals surface area contributed by atoms with Crippen molar-refractivity contribution >= 4 is 0 Å². The van der Waals surface area contributed by atoms with Crippen LogP contribution in [0, 0.1) is 12.3 Å². The minimum absolute atomic E-state index is 0.165. The molecule has 0 aromatic heterocycles. The Balaban J connectivity index is 2.98. The Morgan fingerprint density at radius 1 is 1.70 bits per heavy atom. The average molecular weight is 141 g/mol. The van der Waals surface area contributed by atoms with Crippen LogP contribution >= 0.6 is 0 Å². The number of rotatable bonds is 5. The predicted molar refractivity (Wildman–Crippen MR) is 42.5 cm³/mol. The summed E-state index contributed by atoms with van der Waals surface area (Å²) in [5.41, 5.74) is 5.58. The quantitative estimate of drug-likeness (QED) is 0.453. The smallest absolute Gasteiger partial charge is 0.0617 e. The standard InChI is InChI=1S/C8H15NO/c1-3-5-6-10-7-8(9)4-2/h1,8H,4-7,9H2,2H3. The van der Waals surface area contributed by atoms with Crippen molar-refractivity contribution in [3.05, 3.63) is 0 Å². The molecule has 2 nitrogen and oxygen atoms in total. The van der Waals surface area contributed by atoms with Crippen LogP contribution in [0.3, 0.4) is 0 Å². The molecule has 0 heterocycles. The van der Waals surface area contributed by atoms with Crippen molar-refractivity contribution in [2.24, 2.45) is 5.73 Å². The highest BCUT2D eigenvalue weighted by Crippen LogP contribution is 1.88. The third-order valence-electron chi connectivity index (χ3n) is 1.25. The number of ether oxygens (including phenoxy) is 1. The van der Waals surface area contributed by atoms with Crippen molar-refractivity contribution in [1.29, 1.82) is 0 Å². The van der Waals surface area contributed by atoms with Crippen LogP contribution in [0.4, 0.5) is 0 Å². The Bertz CT molecular complexity index is 106. The first-order chi connectivity index (χ1) is 4.81. The van der Waals surface area contributed by atoms with E-state index in [1.165, 1.54) is 0 Å². The molecule has 0 aliphatic carbocycles. The molecule has 0 fully saturated rings. The molecule has 0 saturated carbocycles. The predicted octanol–water partition coefficient (Wildman–Crippen LogP) is 0.764. The molecule has 0 amide bonds. The molecule has 2 N–H and O–H groups in total. The lowest BCUT2D eigenvalue weighted by molar-refractivity contribution is 0.125. The fourth-order valence-electron chi connectivity index (χ4n) is 0.484. The van der Waals surface area contributed by atoms with Crippen LogP contribution in [0.1, 0.15) is 19.8 Å². The van der Waals surface area contributed by atoms with Gasteiger partial charge in [-0.25, -0.2) is 0 Å². The van der Waals surface area contributed by atoms with Gasteiger partial charge >= 0.3 is 0 Å². The van der Waals surface area contributed by atoms with E-state index < -0.39 is 0 Å². The topological polar surface area (TPSA) is 35.2 Å². The average Bonchev–Trinajstić information content (AvgIpc) is 1.98. The van der Waals surface area contributed by atoms with E-state index in [4.69, 9.17) is 16.9 Å². The summed E-state index contributed by atoms with van der Waals surface area (Å²) >= 11 is 0. The van der Waals surface area contributed by atoms with E-state index in [2.05, 4.69) is 5.92 Å². The Morgan fingerprint density at radius 2 is 2.40 bits per heavy atom. The van der Waals surface area contributed by atoms with Gasteiger partial charge in [-0.3, -0.25) is 0 Å². The van der Waals surface area contributed by atoms with Crippen LogP contribution in [0.2, 0.25) is 0 Å². The fraction of sp³-hybridized carbons (Fsp3) is 0.750. The van der Waals surface area contributed by atoms with Crippen LogP contribution in [-0.4, -0.2) is 19.3 Å². The van der Waals surface area contributed by atoms with E-state index >= 15 is 0 Å². The molecular formula is C8H15NO. The molecule has 0 saturated heterocycles. The van der Waals surface area contributed by atoms with Crippen LogP contribution in [0.25, 0.3) is 0 Å². The molecule has 1 unspecified atom stereocenters. The zero-order valence-corrected chi connectivity index (χ0v) is 6.47. The van der Waals surface area contributed by atoms with Gasteiger partial charge in [-0.1, -0.05) is 6.92 Å². The number of nitrogens with two attached hydrogens (primary N) is 1. The number of hydrogen-bond donors (Lipinski definition) is 1. The van der Waals surface area contributed by atoms with Crippen molar-refractivity contribution in [3.8, 4) is 12.3 Å². The van der Waals surface area contributed by atoms with Crippen LogP contribution in [0.5, 0.6) is 0 Å². The van der Waals surface area contributed by atoms with Crippen LogP contribution in [-0.2, 0) is 4.74 Å². The molecule has 0 aliphatic heterocycles. The van der Waals surface area contributed by atoms with Gasteiger partial charge in [-0.15, -0.1) is 12.3 Å². The molecule has 58 valence electrons. The highest BCUT2D eigenvalue weighted by molar-refractivity contribution is 4.82. The SMILES string of the molecule is C#CCCOCC(N)CC. The van der Waals surface area contributed by atoms with Crippen molar-refractivity contribution in [2.75, 3.05) is 13.2 Å². The molecule has 0 aromatic carbocycles. The Morgan fingerprint density at radius 3 is 2.90 bits per heavy atom. The lowest BCUT2D eigenvalue weighted by Gasteiger charge is -2.07. The van der Waals surface area contributed by atoms with E-state index in [0.29, 0.717) is 19.6 Å². The normalized spacial score (nSPS) is 12.5. The minimum atomic E-state index is 0.165. The van der Waals surface area contributed by atoms with Gasteiger partial charge in [-0.05, 0) is 6.42 Å². The fourth-order valence-corrected chi connectivity index (χ4v) is 0.484. The van der Waals surface area contributed by atoms with E-state index in [9.17, 15) is 0 Å². The van der Waals surface area contributed by atoms with Gasteiger partial charge in [0.1, 0.15) is 0 Å². The maximum Gasteiger partial charge on any atom is 0.0617 e. The van der Waals surface area contributed by atoms with Gasteiger partial charge in [0.25, 0.3) is 0 Å². The molecule has 0 aromatic rings. The van der Waals surface area contributed by atoms with Gasteiger partial charge in [-0.2, -0.15) is 0 Å². The van der Waals surface area contributed by atoms with Gasteiger partial charge < -0.3 is 10.5 Å². The third kappa shape index (κ3) is 5.61. The second kappa shape index (κ2) is 6.60. The highest BCUT2D eigenvalue weighted by atomic mass is 16.5. The molecule has 0 aliphatic rings. The lowest BCUT2D eigenvalue weighted by Crippen LogP contribution is -2.25. The molecular weight excluding hydrogens is 126 g/mol. The molecule has 2 heteroatoms. The van der Waals surface area contributed by atoms with Gasteiger partial charge in [0.2, 0.25) is 0 Å².